The van der Waals surface area contributed by atoms with Gasteiger partial charge in [-0.3, -0.25) is 20.1 Å². The fourth-order valence-corrected chi connectivity index (χ4v) is 4.89. The molecular weight excluding hydrogens is 482 g/mol. The Bertz CT molecular complexity index is 1010. The number of nitrogens with zero attached hydrogens (tertiary/aromatic N) is 6. The van der Waals surface area contributed by atoms with Gasteiger partial charge in [-0.25, -0.2) is 4.98 Å². The maximum atomic E-state index is 13.2. The molecule has 2 heterocycles. The molecule has 2 fully saturated rings. The van der Waals surface area contributed by atoms with Gasteiger partial charge in [0.15, 0.2) is 5.82 Å². The van der Waals surface area contributed by atoms with Gasteiger partial charge in [-0.1, -0.05) is 19.1 Å². The molecule has 1 aliphatic carbocycles. The van der Waals surface area contributed by atoms with Gasteiger partial charge in [0, 0.05) is 44.5 Å². The van der Waals surface area contributed by atoms with Crippen LogP contribution in [0.1, 0.15) is 47.9 Å². The van der Waals surface area contributed by atoms with Gasteiger partial charge in [-0.2, -0.15) is 10.2 Å². The van der Waals surface area contributed by atoms with Crippen molar-refractivity contribution in [2.45, 2.75) is 38.8 Å². The monoisotopic (exact) mass is 511 g/mol. The smallest absolute Gasteiger partial charge is 0.269 e. The molecule has 8 nitrogen and oxygen atoms in total. The van der Waals surface area contributed by atoms with Crippen LogP contribution >= 0.6 is 15.9 Å². The van der Waals surface area contributed by atoms with Crippen molar-refractivity contribution in [3.8, 4) is 6.07 Å². The van der Waals surface area contributed by atoms with Gasteiger partial charge >= 0.3 is 0 Å². The van der Waals surface area contributed by atoms with Crippen molar-refractivity contribution < 1.29 is 4.79 Å². The number of benzene rings is 1. The topological polar surface area (TPSA) is 88.4 Å². The summed E-state index contributed by atoms with van der Waals surface area (Å²) < 4.78 is 0.642. The molecule has 1 saturated carbocycles. The minimum absolute atomic E-state index is 0.0757. The molecule has 4 rings (SSSR count). The zero-order valence-corrected chi connectivity index (χ0v) is 20.8. The van der Waals surface area contributed by atoms with Crippen molar-refractivity contribution in [3.05, 3.63) is 51.9 Å². The Morgan fingerprint density at radius 1 is 1.24 bits per heavy atom. The fourth-order valence-electron chi connectivity index (χ4n) is 4.51. The third-order valence-corrected chi connectivity index (χ3v) is 7.09. The largest absolute Gasteiger partial charge is 0.304 e. The van der Waals surface area contributed by atoms with Crippen LogP contribution < -0.4 is 10.4 Å². The first-order valence-electron chi connectivity index (χ1n) is 11.5. The molecule has 0 radical (unpaired) electrons. The molecule has 2 aliphatic rings. The standard InChI is InChI=1S/C24H30BrN7O/c1-17-3-8-20(13-17)32(23-21(25)15-27-22(14-26)28-23)29-24(33)19-6-4-18(5-7-19)16-31-11-9-30(2)10-12-31/h4-7,15,17,20H,3,8-13,16H2,1-2H3,(H,29,33). The van der Waals surface area contributed by atoms with Gasteiger partial charge in [0.1, 0.15) is 6.07 Å². The molecule has 9 heteroatoms. The number of anilines is 1. The van der Waals surface area contributed by atoms with Gasteiger partial charge in [-0.05, 0) is 65.9 Å². The molecule has 33 heavy (non-hydrogen) atoms. The molecule has 0 spiro atoms. The highest BCUT2D eigenvalue weighted by atomic mass is 79.9. The van der Waals surface area contributed by atoms with E-state index in [9.17, 15) is 10.1 Å². The molecule has 2 unspecified atom stereocenters. The molecule has 174 valence electrons. The van der Waals surface area contributed by atoms with E-state index in [1.165, 1.54) is 5.56 Å². The van der Waals surface area contributed by atoms with Crippen LogP contribution in [0.15, 0.2) is 34.9 Å². The molecule has 1 N–H and O–H groups in total. The molecule has 0 bridgehead atoms. The summed E-state index contributed by atoms with van der Waals surface area (Å²) in [5.41, 5.74) is 4.86. The Morgan fingerprint density at radius 3 is 2.61 bits per heavy atom. The SMILES string of the molecule is CC1CCC(N(NC(=O)c2ccc(CN3CCN(C)CC3)cc2)c2nc(C#N)ncc2Br)C1. The summed E-state index contributed by atoms with van der Waals surface area (Å²) in [6, 6.07) is 9.92. The summed E-state index contributed by atoms with van der Waals surface area (Å²) in [7, 11) is 2.15. The molecule has 1 aromatic carbocycles. The minimum atomic E-state index is -0.190. The zero-order chi connectivity index (χ0) is 23.4. The summed E-state index contributed by atoms with van der Waals surface area (Å²) in [5, 5.41) is 11.1. The van der Waals surface area contributed by atoms with Crippen LogP contribution in [0, 0.1) is 17.2 Å². The zero-order valence-electron chi connectivity index (χ0n) is 19.2. The lowest BCUT2D eigenvalue weighted by atomic mass is 10.1. The van der Waals surface area contributed by atoms with Crippen LogP contribution in [0.5, 0.6) is 0 Å². The average Bonchev–Trinajstić information content (AvgIpc) is 3.26. The normalized spacial score (nSPS) is 21.5. The van der Waals surface area contributed by atoms with Crippen LogP contribution in [0.4, 0.5) is 5.82 Å². The number of hydrogen-bond acceptors (Lipinski definition) is 7. The number of hydrogen-bond donors (Lipinski definition) is 1. The van der Waals surface area contributed by atoms with Gasteiger partial charge in [0.2, 0.25) is 5.82 Å². The second-order valence-electron chi connectivity index (χ2n) is 9.14. The summed E-state index contributed by atoms with van der Waals surface area (Å²) in [4.78, 5) is 26.4. The number of carbonyl (C=O) groups is 1. The molecule has 1 amide bonds. The summed E-state index contributed by atoms with van der Waals surface area (Å²) >= 11 is 3.49. The predicted molar refractivity (Wildman–Crippen MR) is 130 cm³/mol. The Labute approximate surface area is 203 Å². The van der Waals surface area contributed by atoms with E-state index in [0.717, 1.165) is 52.0 Å². The maximum absolute atomic E-state index is 13.2. The molecule has 1 aliphatic heterocycles. The number of hydrazine groups is 1. The average molecular weight is 512 g/mol. The molecular formula is C24H30BrN7O. The third kappa shape index (κ3) is 5.88. The number of amides is 1. The van der Waals surface area contributed by atoms with Crippen molar-refractivity contribution in [3.63, 3.8) is 0 Å². The van der Waals surface area contributed by atoms with Crippen LogP contribution in [0.3, 0.4) is 0 Å². The second kappa shape index (κ2) is 10.6. The van der Waals surface area contributed by atoms with Crippen LogP contribution in [-0.4, -0.2) is 64.9 Å². The third-order valence-electron chi connectivity index (χ3n) is 6.53. The van der Waals surface area contributed by atoms with E-state index in [1.54, 1.807) is 6.20 Å². The first kappa shape index (κ1) is 23.6. The van der Waals surface area contributed by atoms with Gasteiger partial charge < -0.3 is 4.90 Å². The number of halogens is 1. The Hall–Kier alpha value is -2.54. The highest BCUT2D eigenvalue weighted by Crippen LogP contribution is 2.33. The maximum Gasteiger partial charge on any atom is 0.269 e. The quantitative estimate of drug-likeness (QED) is 0.595. The Balaban J connectivity index is 1.48. The predicted octanol–water partition coefficient (Wildman–Crippen LogP) is 3.20. The van der Waals surface area contributed by atoms with Crippen molar-refractivity contribution in [2.75, 3.05) is 38.2 Å². The van der Waals surface area contributed by atoms with Gasteiger partial charge in [0.05, 0.1) is 10.5 Å². The Morgan fingerprint density at radius 2 is 1.97 bits per heavy atom. The van der Waals surface area contributed by atoms with E-state index in [0.29, 0.717) is 21.8 Å². The first-order valence-corrected chi connectivity index (χ1v) is 12.2. The highest BCUT2D eigenvalue weighted by Gasteiger charge is 2.31. The van der Waals surface area contributed by atoms with Crippen LogP contribution in [0.2, 0.25) is 0 Å². The summed E-state index contributed by atoms with van der Waals surface area (Å²) in [6.45, 7) is 7.41. The molecule has 2 atom stereocenters. The fraction of sp³-hybridized carbons (Fsp3) is 0.500. The van der Waals surface area contributed by atoms with E-state index in [1.807, 2.05) is 35.3 Å². The molecule has 1 aromatic heterocycles. The number of rotatable bonds is 6. The summed E-state index contributed by atoms with van der Waals surface area (Å²) in [6.07, 6.45) is 4.55. The second-order valence-corrected chi connectivity index (χ2v) is 9.99. The van der Waals surface area contributed by atoms with E-state index < -0.39 is 0 Å². The number of carbonyl (C=O) groups excluding carboxylic acids is 1. The Kier molecular flexibility index (Phi) is 7.58. The lowest BCUT2D eigenvalue weighted by Crippen LogP contribution is -2.49. The van der Waals surface area contributed by atoms with Crippen molar-refractivity contribution in [1.29, 1.82) is 5.26 Å². The summed E-state index contributed by atoms with van der Waals surface area (Å²) in [5.74, 6) is 0.969. The lowest BCUT2D eigenvalue weighted by molar-refractivity contribution is 0.0943. The number of nitrogens with one attached hydrogen (secondary N) is 1. The van der Waals surface area contributed by atoms with E-state index in [4.69, 9.17) is 0 Å². The van der Waals surface area contributed by atoms with Crippen molar-refractivity contribution >= 4 is 27.7 Å². The van der Waals surface area contributed by atoms with Crippen LogP contribution in [0.25, 0.3) is 0 Å². The molecule has 1 saturated heterocycles. The number of nitriles is 1. The molecule has 2 aromatic rings. The van der Waals surface area contributed by atoms with Crippen molar-refractivity contribution in [2.24, 2.45) is 5.92 Å². The van der Waals surface area contributed by atoms with Gasteiger partial charge in [-0.15, -0.1) is 0 Å². The van der Waals surface area contributed by atoms with E-state index in [2.05, 4.69) is 55.1 Å². The number of likely N-dealkylation sites (N-methyl/N-ethyl adjacent to an activating group) is 1. The van der Waals surface area contributed by atoms with E-state index >= 15 is 0 Å². The van der Waals surface area contributed by atoms with Gasteiger partial charge in [0.25, 0.3) is 5.91 Å². The lowest BCUT2D eigenvalue weighted by Gasteiger charge is -2.32. The number of piperazine rings is 1. The van der Waals surface area contributed by atoms with E-state index in [-0.39, 0.29) is 17.8 Å². The number of aromatic nitrogens is 2. The minimum Gasteiger partial charge on any atom is -0.304 e. The highest BCUT2D eigenvalue weighted by molar-refractivity contribution is 9.10. The van der Waals surface area contributed by atoms with Crippen LogP contribution in [-0.2, 0) is 6.54 Å². The van der Waals surface area contributed by atoms with Crippen molar-refractivity contribution in [1.82, 2.24) is 25.2 Å². The first-order chi connectivity index (χ1) is 15.9.